The molecule has 31 heavy (non-hydrogen) atoms. The molecular formula is C23H37N5O3. The predicted octanol–water partition coefficient (Wildman–Crippen LogP) is 2.41. The lowest BCUT2D eigenvalue weighted by atomic mass is 9.88. The fourth-order valence-electron chi connectivity index (χ4n) is 4.31. The second-order valence-electron chi connectivity index (χ2n) is 8.48. The van der Waals surface area contributed by atoms with Gasteiger partial charge >= 0.3 is 6.09 Å². The first kappa shape index (κ1) is 23.3. The Morgan fingerprint density at radius 1 is 1.29 bits per heavy atom. The largest absolute Gasteiger partial charge is 0.450 e. The van der Waals surface area contributed by atoms with Gasteiger partial charge in [0.05, 0.1) is 13.2 Å². The van der Waals surface area contributed by atoms with Gasteiger partial charge in [-0.3, -0.25) is 4.99 Å². The van der Waals surface area contributed by atoms with E-state index in [1.807, 2.05) is 13.0 Å². The molecule has 0 bridgehead atoms. The number of carbonyl (C=O) groups is 1. The smallest absolute Gasteiger partial charge is 0.409 e. The molecule has 2 aliphatic heterocycles. The molecule has 0 aliphatic carbocycles. The monoisotopic (exact) mass is 431 g/mol. The van der Waals surface area contributed by atoms with Crippen molar-refractivity contribution in [3.63, 3.8) is 0 Å². The molecule has 1 atom stereocenters. The van der Waals surface area contributed by atoms with E-state index < -0.39 is 0 Å². The van der Waals surface area contributed by atoms with E-state index in [9.17, 15) is 4.79 Å². The van der Waals surface area contributed by atoms with Gasteiger partial charge in [0.1, 0.15) is 0 Å². The molecule has 1 amide bonds. The van der Waals surface area contributed by atoms with Crippen LogP contribution >= 0.6 is 0 Å². The standard InChI is InChI=1S/C23H37N5O3/c1-3-31-22(29)28-13-9-20(10-14-28)26-21(24)25-17-23(11-15-30-16-12-23)27-18(2)19-7-5-4-6-8-19/h4-8,18,20,27H,3,9-17H2,1-2H3,(H3,24,25,26). The van der Waals surface area contributed by atoms with Crippen molar-refractivity contribution in [1.82, 2.24) is 15.5 Å². The van der Waals surface area contributed by atoms with Crippen molar-refractivity contribution in [3.8, 4) is 0 Å². The molecule has 2 aliphatic rings. The maximum atomic E-state index is 11.8. The number of benzene rings is 1. The average molecular weight is 432 g/mol. The summed E-state index contributed by atoms with van der Waals surface area (Å²) in [5.41, 5.74) is 7.37. The van der Waals surface area contributed by atoms with Crippen LogP contribution in [0.15, 0.2) is 35.3 Å². The number of likely N-dealkylation sites (tertiary alicyclic amines) is 1. The average Bonchev–Trinajstić information content (AvgIpc) is 2.80. The summed E-state index contributed by atoms with van der Waals surface area (Å²) in [6, 6.07) is 10.9. The molecular weight excluding hydrogens is 394 g/mol. The SMILES string of the molecule is CCOC(=O)N1CCC(NC(N)=NCC2(NC(C)c3ccccc3)CCOCC2)CC1. The lowest BCUT2D eigenvalue weighted by Crippen LogP contribution is -2.53. The van der Waals surface area contributed by atoms with Crippen LogP contribution in [0.5, 0.6) is 0 Å². The summed E-state index contributed by atoms with van der Waals surface area (Å²) >= 11 is 0. The highest BCUT2D eigenvalue weighted by atomic mass is 16.6. The number of nitrogens with two attached hydrogens (primary N) is 1. The maximum absolute atomic E-state index is 11.8. The number of carbonyl (C=O) groups excluding carboxylic acids is 1. The van der Waals surface area contributed by atoms with Crippen LogP contribution in [0.3, 0.4) is 0 Å². The van der Waals surface area contributed by atoms with Gasteiger partial charge in [-0.15, -0.1) is 0 Å². The number of ether oxygens (including phenoxy) is 2. The number of nitrogens with one attached hydrogen (secondary N) is 2. The van der Waals surface area contributed by atoms with Gasteiger partial charge < -0.3 is 30.7 Å². The van der Waals surface area contributed by atoms with Crippen molar-refractivity contribution in [3.05, 3.63) is 35.9 Å². The van der Waals surface area contributed by atoms with Crippen LogP contribution in [0, 0.1) is 0 Å². The first-order chi connectivity index (χ1) is 15.0. The number of hydrogen-bond acceptors (Lipinski definition) is 5. The Morgan fingerprint density at radius 2 is 1.97 bits per heavy atom. The molecule has 1 unspecified atom stereocenters. The third-order valence-electron chi connectivity index (χ3n) is 6.20. The van der Waals surface area contributed by atoms with Gasteiger partial charge in [0.25, 0.3) is 0 Å². The first-order valence-electron chi connectivity index (χ1n) is 11.4. The van der Waals surface area contributed by atoms with Crippen molar-refractivity contribution in [2.24, 2.45) is 10.7 Å². The van der Waals surface area contributed by atoms with Gasteiger partial charge in [-0.1, -0.05) is 30.3 Å². The van der Waals surface area contributed by atoms with E-state index in [0.717, 1.165) is 38.9 Å². The lowest BCUT2D eigenvalue weighted by molar-refractivity contribution is 0.0374. The number of hydrogen-bond donors (Lipinski definition) is 3. The molecule has 1 aromatic carbocycles. The number of piperidine rings is 1. The van der Waals surface area contributed by atoms with E-state index in [4.69, 9.17) is 20.2 Å². The molecule has 8 heteroatoms. The Bertz CT molecular complexity index is 713. The van der Waals surface area contributed by atoms with Crippen LogP contribution in [0.1, 0.15) is 51.1 Å². The summed E-state index contributed by atoms with van der Waals surface area (Å²) in [6.45, 7) is 7.81. The Kier molecular flexibility index (Phi) is 8.54. The molecule has 8 nitrogen and oxygen atoms in total. The second-order valence-corrected chi connectivity index (χ2v) is 8.48. The predicted molar refractivity (Wildman–Crippen MR) is 122 cm³/mol. The molecule has 4 N–H and O–H groups in total. The summed E-state index contributed by atoms with van der Waals surface area (Å²) in [4.78, 5) is 18.3. The highest BCUT2D eigenvalue weighted by Crippen LogP contribution is 2.26. The van der Waals surface area contributed by atoms with Crippen molar-refractivity contribution < 1.29 is 14.3 Å². The zero-order chi connectivity index (χ0) is 22.1. The molecule has 172 valence electrons. The van der Waals surface area contributed by atoms with Crippen molar-refractivity contribution >= 4 is 12.1 Å². The van der Waals surface area contributed by atoms with Gasteiger partial charge in [-0.25, -0.2) is 4.79 Å². The van der Waals surface area contributed by atoms with E-state index in [1.165, 1.54) is 5.56 Å². The van der Waals surface area contributed by atoms with E-state index >= 15 is 0 Å². The molecule has 2 fully saturated rings. The third kappa shape index (κ3) is 6.83. The van der Waals surface area contributed by atoms with Crippen LogP contribution in [-0.2, 0) is 9.47 Å². The Balaban J connectivity index is 1.54. The van der Waals surface area contributed by atoms with Crippen LogP contribution in [0.25, 0.3) is 0 Å². The highest BCUT2D eigenvalue weighted by molar-refractivity contribution is 5.78. The molecule has 0 radical (unpaired) electrons. The topological polar surface area (TPSA) is 101 Å². The highest BCUT2D eigenvalue weighted by Gasteiger charge is 2.34. The van der Waals surface area contributed by atoms with Crippen LogP contribution in [-0.4, -0.2) is 68.0 Å². The van der Waals surface area contributed by atoms with E-state index in [0.29, 0.717) is 32.2 Å². The number of amides is 1. The fourth-order valence-corrected chi connectivity index (χ4v) is 4.31. The van der Waals surface area contributed by atoms with Crippen LogP contribution in [0.2, 0.25) is 0 Å². The van der Waals surface area contributed by atoms with Gasteiger partial charge in [-0.2, -0.15) is 0 Å². The first-order valence-corrected chi connectivity index (χ1v) is 11.4. The Hall–Kier alpha value is -2.32. The minimum Gasteiger partial charge on any atom is -0.450 e. The molecule has 0 aromatic heterocycles. The summed E-state index contributed by atoms with van der Waals surface area (Å²) in [7, 11) is 0. The van der Waals surface area contributed by atoms with E-state index in [1.54, 1.807) is 4.90 Å². The lowest BCUT2D eigenvalue weighted by Gasteiger charge is -2.39. The normalized spacial score (nSPS) is 20.8. The zero-order valence-corrected chi connectivity index (χ0v) is 18.8. The Labute approximate surface area is 185 Å². The molecule has 1 aromatic rings. The molecule has 2 heterocycles. The second kappa shape index (κ2) is 11.3. The third-order valence-corrected chi connectivity index (χ3v) is 6.20. The molecule has 2 saturated heterocycles. The van der Waals surface area contributed by atoms with Crippen LogP contribution in [0.4, 0.5) is 4.79 Å². The van der Waals surface area contributed by atoms with Gasteiger partial charge in [-0.05, 0) is 45.1 Å². The van der Waals surface area contributed by atoms with E-state index in [-0.39, 0.29) is 23.7 Å². The number of rotatable bonds is 7. The fraction of sp³-hybridized carbons (Fsp3) is 0.652. The minimum absolute atomic E-state index is 0.132. The molecule has 3 rings (SSSR count). The number of guanidine groups is 1. The van der Waals surface area contributed by atoms with Crippen molar-refractivity contribution in [1.29, 1.82) is 0 Å². The quantitative estimate of drug-likeness (QED) is 0.453. The summed E-state index contributed by atoms with van der Waals surface area (Å²) in [5.74, 6) is 0.467. The van der Waals surface area contributed by atoms with Crippen molar-refractivity contribution in [2.75, 3.05) is 39.5 Å². The van der Waals surface area contributed by atoms with Crippen molar-refractivity contribution in [2.45, 2.75) is 57.2 Å². The van der Waals surface area contributed by atoms with E-state index in [2.05, 4.69) is 41.8 Å². The maximum Gasteiger partial charge on any atom is 0.409 e. The number of nitrogens with zero attached hydrogens (tertiary/aromatic N) is 2. The molecule has 0 saturated carbocycles. The Morgan fingerprint density at radius 3 is 2.61 bits per heavy atom. The number of aliphatic imine (C=N–C) groups is 1. The summed E-state index contributed by atoms with van der Waals surface area (Å²) in [5, 5.41) is 7.15. The summed E-state index contributed by atoms with van der Waals surface area (Å²) < 4.78 is 10.7. The summed E-state index contributed by atoms with van der Waals surface area (Å²) in [6.07, 6.45) is 3.23. The van der Waals surface area contributed by atoms with Gasteiger partial charge in [0, 0.05) is 43.9 Å². The van der Waals surface area contributed by atoms with Gasteiger partial charge in [0.2, 0.25) is 0 Å². The molecule has 0 spiro atoms. The van der Waals surface area contributed by atoms with Gasteiger partial charge in [0.15, 0.2) is 5.96 Å². The van der Waals surface area contributed by atoms with Crippen LogP contribution < -0.4 is 16.4 Å². The zero-order valence-electron chi connectivity index (χ0n) is 18.8. The minimum atomic E-state index is -0.234.